The summed E-state index contributed by atoms with van der Waals surface area (Å²) in [6.45, 7) is 0. The SMILES string of the molecule is [2H]c1c(-c2ccccc2)c(-c2ccc3ccc4cccc5ccc2c3c45)c([2H])c(-c2ccc3ccc4cccc5ccc2c3c45)c1-c1ccc2oc3ccccc3c2c1.[2H]c1c([2H])c([2H])c(-c2cc(-c3c([2H])c([2H])c4oc5c([2H])c([2H])c([2H])c([2H])c5c4c3[2H])c(-c3ccc4ccc5cccc6ccc3c4c56)cc2-c2ccc3ccc4cccc5ccc2c3c45)c([2H])c1[2H]. The quantitative estimate of drug-likeness (QED) is 0.142. The van der Waals surface area contributed by atoms with Gasteiger partial charge in [0, 0.05) is 21.5 Å². The lowest BCUT2D eigenvalue weighted by Gasteiger charge is -2.22. The predicted octanol–water partition coefficient (Wildman–Crippen LogP) is 32.1. The van der Waals surface area contributed by atoms with Crippen LogP contribution in [0.4, 0.5) is 0 Å². The van der Waals surface area contributed by atoms with E-state index in [1.54, 1.807) is 6.07 Å². The molecule has 0 aliphatic rings. The number of hydrogen-bond donors (Lipinski definition) is 0. The summed E-state index contributed by atoms with van der Waals surface area (Å²) >= 11 is 0. The second-order valence-corrected chi connectivity index (χ2v) is 30.0. The lowest BCUT2D eigenvalue weighted by atomic mass is 9.81. The highest BCUT2D eigenvalue weighted by Gasteiger charge is 2.26. The molecule has 26 rings (SSSR count). The standard InChI is InChI=1S/2C56H32O/c2*1-2-8-33(9-3-1)46-31-47(40-24-29-52-50(30-40)43-14-4-5-15-51(43)57-52)49(42-26-21-39-19-17-35-11-7-13-37-23-28-45(42)56(39)54(35)37)32-48(46)41-25-20-38-18-16-34-10-6-12-36-22-27-44(41)55(38)53(34)36/h2*1-32H/i1D,2D,3D,4D,5D,8D,9D,14D,15D,24D,29D,30D;31D,32D. The summed E-state index contributed by atoms with van der Waals surface area (Å²) in [5.41, 5.74) is 10.5. The first-order chi connectivity index (χ1) is 62.3. The number of fused-ring (bicyclic) bond motifs is 6. The zero-order valence-corrected chi connectivity index (χ0v) is 60.7. The molecule has 0 aliphatic heterocycles. The molecule has 2 heterocycles. The van der Waals surface area contributed by atoms with E-state index in [1.165, 1.54) is 43.1 Å². The normalized spacial score (nSPS) is 13.9. The van der Waals surface area contributed by atoms with Crippen LogP contribution in [0.5, 0.6) is 0 Å². The van der Waals surface area contributed by atoms with Gasteiger partial charge in [-0.15, -0.1) is 0 Å². The first-order valence-electron chi connectivity index (χ1n) is 45.4. The molecule has 2 nitrogen and oxygen atoms in total. The molecule has 0 amide bonds. The average molecular weight is 1460 g/mol. The summed E-state index contributed by atoms with van der Waals surface area (Å²) in [5.74, 6) is 0. The van der Waals surface area contributed by atoms with Gasteiger partial charge >= 0.3 is 0 Å². The molecule has 0 radical (unpaired) electrons. The molecule has 0 fully saturated rings. The van der Waals surface area contributed by atoms with E-state index in [9.17, 15) is 9.60 Å². The largest absolute Gasteiger partial charge is 0.456 e. The lowest BCUT2D eigenvalue weighted by molar-refractivity contribution is 0.668. The van der Waals surface area contributed by atoms with Gasteiger partial charge in [0.2, 0.25) is 0 Å². The highest BCUT2D eigenvalue weighted by molar-refractivity contribution is 6.31. The van der Waals surface area contributed by atoms with Gasteiger partial charge in [-0.1, -0.05) is 327 Å². The summed E-state index contributed by atoms with van der Waals surface area (Å²) in [4.78, 5) is 0. The van der Waals surface area contributed by atoms with E-state index in [0.29, 0.717) is 34.3 Å². The van der Waals surface area contributed by atoms with Crippen molar-refractivity contribution < 1.29 is 28.0 Å². The van der Waals surface area contributed by atoms with Gasteiger partial charge in [-0.2, -0.15) is 0 Å². The number of hydrogen-bond acceptors (Lipinski definition) is 2. The van der Waals surface area contributed by atoms with Crippen LogP contribution in [-0.2, 0) is 0 Å². The molecule has 0 saturated carbocycles. The number of rotatable bonds is 8. The smallest absolute Gasteiger partial charge is 0.135 e. The van der Waals surface area contributed by atoms with Crippen molar-refractivity contribution in [3.8, 4) is 89.0 Å². The van der Waals surface area contributed by atoms with Crippen LogP contribution < -0.4 is 0 Å². The molecule has 0 atom stereocenters. The maximum absolute atomic E-state index is 10.7. The Hall–Kier alpha value is -15.0. The van der Waals surface area contributed by atoms with Gasteiger partial charge in [-0.3, -0.25) is 0 Å². The van der Waals surface area contributed by atoms with Crippen molar-refractivity contribution in [1.82, 2.24) is 0 Å². The summed E-state index contributed by atoms with van der Waals surface area (Å²) < 4.78 is 142. The minimum atomic E-state index is -0.564. The molecule has 0 unspecified atom stereocenters. The van der Waals surface area contributed by atoms with Crippen LogP contribution in [0, 0.1) is 0 Å². The second-order valence-electron chi connectivity index (χ2n) is 30.0. The molecule has 2 heteroatoms. The van der Waals surface area contributed by atoms with Crippen molar-refractivity contribution >= 4 is 173 Å². The minimum absolute atomic E-state index is 0.0705. The van der Waals surface area contributed by atoms with Crippen molar-refractivity contribution in [2.24, 2.45) is 0 Å². The van der Waals surface area contributed by atoms with E-state index < -0.39 is 66.5 Å². The third-order valence-electron chi connectivity index (χ3n) is 24.0. The Labute approximate surface area is 674 Å². The van der Waals surface area contributed by atoms with Crippen molar-refractivity contribution in [3.63, 3.8) is 0 Å². The van der Waals surface area contributed by atoms with Crippen molar-refractivity contribution in [1.29, 1.82) is 0 Å². The Balaban J connectivity index is 0.000000140. The van der Waals surface area contributed by atoms with Gasteiger partial charge in [0.25, 0.3) is 0 Å². The number of para-hydroxylation sites is 2. The maximum Gasteiger partial charge on any atom is 0.135 e. The fourth-order valence-electron chi connectivity index (χ4n) is 19.0. The molecule has 26 aromatic rings. The Morgan fingerprint density at radius 3 is 1.04 bits per heavy atom. The zero-order chi connectivity index (χ0) is 86.6. The highest BCUT2D eigenvalue weighted by atomic mass is 16.3. The molecule has 524 valence electrons. The third kappa shape index (κ3) is 9.37. The minimum Gasteiger partial charge on any atom is -0.456 e. The number of benzene rings is 24. The summed E-state index contributed by atoms with van der Waals surface area (Å²) in [6.07, 6.45) is 0. The first-order valence-corrected chi connectivity index (χ1v) is 38.4. The fraction of sp³-hybridized carbons (Fsp3) is 0. The van der Waals surface area contributed by atoms with Crippen molar-refractivity contribution in [2.75, 3.05) is 0 Å². The van der Waals surface area contributed by atoms with Crippen LogP contribution in [0.2, 0.25) is 0 Å². The van der Waals surface area contributed by atoms with Crippen LogP contribution in [0.3, 0.4) is 0 Å². The van der Waals surface area contributed by atoms with E-state index in [2.05, 4.69) is 200 Å². The fourth-order valence-corrected chi connectivity index (χ4v) is 19.0. The highest BCUT2D eigenvalue weighted by Crippen LogP contribution is 2.53. The van der Waals surface area contributed by atoms with E-state index in [-0.39, 0.29) is 50.2 Å². The van der Waals surface area contributed by atoms with Crippen LogP contribution in [0.1, 0.15) is 19.2 Å². The molecule has 24 aromatic carbocycles. The molecular formula is C112H64O2. The van der Waals surface area contributed by atoms with Gasteiger partial charge in [0.05, 0.1) is 19.2 Å². The van der Waals surface area contributed by atoms with E-state index in [4.69, 9.17) is 18.4 Å². The summed E-state index contributed by atoms with van der Waals surface area (Å²) in [6, 6.07) is 99.5. The average Bonchev–Trinajstić information content (AvgIpc) is 0.885. The van der Waals surface area contributed by atoms with Gasteiger partial charge in [0.1, 0.15) is 22.3 Å². The van der Waals surface area contributed by atoms with Gasteiger partial charge in [0.15, 0.2) is 0 Å². The van der Waals surface area contributed by atoms with Crippen LogP contribution in [0.15, 0.2) is 397 Å². The maximum atomic E-state index is 10.7. The van der Waals surface area contributed by atoms with Gasteiger partial charge in [-0.25, -0.2) is 0 Å². The Kier molecular flexibility index (Phi) is 10.8. The van der Waals surface area contributed by atoms with E-state index >= 15 is 0 Å². The molecule has 0 saturated heterocycles. The van der Waals surface area contributed by atoms with Crippen LogP contribution in [0.25, 0.3) is 262 Å². The molecule has 2 aromatic heterocycles. The summed E-state index contributed by atoms with van der Waals surface area (Å²) in [7, 11) is 0. The van der Waals surface area contributed by atoms with Gasteiger partial charge < -0.3 is 8.83 Å². The molecule has 114 heavy (non-hydrogen) atoms. The molecule has 0 aliphatic carbocycles. The Morgan fingerprint density at radius 2 is 0.535 bits per heavy atom. The zero-order valence-electron chi connectivity index (χ0n) is 74.7. The summed E-state index contributed by atoms with van der Waals surface area (Å²) in [5, 5.41) is 27.8. The third-order valence-corrected chi connectivity index (χ3v) is 24.0. The molecular weight excluding hydrogens is 1380 g/mol. The monoisotopic (exact) mass is 1450 g/mol. The van der Waals surface area contributed by atoms with E-state index in [1.807, 2.05) is 97.1 Å². The van der Waals surface area contributed by atoms with Crippen LogP contribution in [-0.4, -0.2) is 0 Å². The van der Waals surface area contributed by atoms with Crippen LogP contribution >= 0.6 is 0 Å². The molecule has 0 bridgehead atoms. The van der Waals surface area contributed by atoms with E-state index in [0.717, 1.165) is 153 Å². The topological polar surface area (TPSA) is 26.3 Å². The molecule has 0 N–H and O–H groups in total. The Bertz CT molecular complexity index is 9310. The Morgan fingerprint density at radius 1 is 0.158 bits per heavy atom. The first kappa shape index (κ1) is 50.7. The van der Waals surface area contributed by atoms with Crippen molar-refractivity contribution in [2.45, 2.75) is 0 Å². The van der Waals surface area contributed by atoms with Gasteiger partial charge in [-0.05, 0) is 279 Å². The predicted molar refractivity (Wildman–Crippen MR) is 486 cm³/mol. The number of furan rings is 2. The molecule has 0 spiro atoms. The van der Waals surface area contributed by atoms with Crippen molar-refractivity contribution in [3.05, 3.63) is 388 Å². The second kappa shape index (κ2) is 24.3. The lowest BCUT2D eigenvalue weighted by Crippen LogP contribution is -1.95.